The molecule has 0 aliphatic heterocycles. The lowest BCUT2D eigenvalue weighted by Gasteiger charge is -2.20. The van der Waals surface area contributed by atoms with Crippen LogP contribution >= 0.6 is 0 Å². The molecule has 2 aromatic carbocycles. The summed E-state index contributed by atoms with van der Waals surface area (Å²) < 4.78 is 75.0. The van der Waals surface area contributed by atoms with Gasteiger partial charge >= 0.3 is 12.4 Å². The zero-order valence-electron chi connectivity index (χ0n) is 18.7. The fourth-order valence-corrected chi connectivity index (χ4v) is 4.61. The van der Waals surface area contributed by atoms with Crippen molar-refractivity contribution in [1.29, 1.82) is 0 Å². The van der Waals surface area contributed by atoms with Crippen molar-refractivity contribution in [2.45, 2.75) is 83.0 Å². The highest BCUT2D eigenvalue weighted by molar-refractivity contribution is 5.98. The van der Waals surface area contributed by atoms with E-state index in [1.165, 1.54) is 0 Å². The summed E-state index contributed by atoms with van der Waals surface area (Å²) in [7, 11) is 0. The molecule has 0 heterocycles. The molecular formula is C27H30F6. The summed E-state index contributed by atoms with van der Waals surface area (Å²) in [6.45, 7) is 0. The maximum Gasteiger partial charge on any atom is 0.389 e. The first-order chi connectivity index (χ1) is 15.7. The van der Waals surface area contributed by atoms with Gasteiger partial charge in [-0.05, 0) is 78.0 Å². The minimum Gasteiger partial charge on any atom is -0.171 e. The molecule has 33 heavy (non-hydrogen) atoms. The molecule has 6 heteroatoms. The van der Waals surface area contributed by atoms with Crippen LogP contribution in [-0.4, -0.2) is 12.4 Å². The number of aryl methyl sites for hydroxylation is 1. The smallest absolute Gasteiger partial charge is 0.171 e. The first kappa shape index (κ1) is 25.4. The van der Waals surface area contributed by atoms with Crippen molar-refractivity contribution in [2.24, 2.45) is 0 Å². The topological polar surface area (TPSA) is 0 Å². The van der Waals surface area contributed by atoms with Gasteiger partial charge in [-0.2, -0.15) is 26.3 Å². The summed E-state index contributed by atoms with van der Waals surface area (Å²) in [5, 5.41) is 2.21. The van der Waals surface area contributed by atoms with Crippen LogP contribution in [0.4, 0.5) is 26.3 Å². The molecule has 0 N–H and O–H groups in total. The Morgan fingerprint density at radius 1 is 0.576 bits per heavy atom. The predicted molar refractivity (Wildman–Crippen MR) is 123 cm³/mol. The van der Waals surface area contributed by atoms with Crippen LogP contribution in [0, 0.1) is 0 Å². The zero-order chi connectivity index (χ0) is 23.9. The lowest BCUT2D eigenvalue weighted by atomic mass is 9.84. The molecule has 0 unspecified atom stereocenters. The van der Waals surface area contributed by atoms with Crippen LogP contribution in [-0.2, 0) is 12.8 Å². The molecule has 0 atom stereocenters. The Hall–Kier alpha value is -2.24. The van der Waals surface area contributed by atoms with Crippen molar-refractivity contribution in [3.05, 3.63) is 58.7 Å². The van der Waals surface area contributed by atoms with Crippen LogP contribution < -0.4 is 0 Å². The maximum atomic E-state index is 12.5. The Labute approximate surface area is 191 Å². The Balaban J connectivity index is 1.86. The number of rotatable bonds is 10. The number of hydrogen-bond donors (Lipinski definition) is 0. The van der Waals surface area contributed by atoms with Crippen LogP contribution in [0.3, 0.4) is 0 Å². The third-order valence-electron chi connectivity index (χ3n) is 6.14. The Morgan fingerprint density at radius 2 is 1.09 bits per heavy atom. The predicted octanol–water partition coefficient (Wildman–Crippen LogP) is 9.60. The fourth-order valence-electron chi connectivity index (χ4n) is 4.61. The highest BCUT2D eigenvalue weighted by Crippen LogP contribution is 2.36. The number of allylic oxidation sites excluding steroid dienone is 2. The summed E-state index contributed by atoms with van der Waals surface area (Å²) in [6.07, 6.45) is 3.25. The fraction of sp³-hybridized carbons (Fsp3) is 0.481. The Morgan fingerprint density at radius 3 is 1.67 bits per heavy atom. The molecule has 0 fully saturated rings. The van der Waals surface area contributed by atoms with E-state index in [9.17, 15) is 26.3 Å². The summed E-state index contributed by atoms with van der Waals surface area (Å²) in [4.78, 5) is 0. The van der Waals surface area contributed by atoms with E-state index in [0.29, 0.717) is 38.5 Å². The zero-order valence-corrected chi connectivity index (χ0v) is 18.7. The van der Waals surface area contributed by atoms with Crippen LogP contribution in [0.2, 0.25) is 0 Å². The molecule has 0 spiro atoms. The van der Waals surface area contributed by atoms with Gasteiger partial charge in [0.05, 0.1) is 0 Å². The molecule has 0 amide bonds. The summed E-state index contributed by atoms with van der Waals surface area (Å²) in [5.41, 5.74) is 4.48. The Bertz CT molecular complexity index is 979. The monoisotopic (exact) mass is 468 g/mol. The quantitative estimate of drug-likeness (QED) is 0.240. The van der Waals surface area contributed by atoms with E-state index in [1.54, 1.807) is 0 Å². The number of fused-ring (bicyclic) bond motifs is 3. The number of hydrogen-bond acceptors (Lipinski definition) is 0. The van der Waals surface area contributed by atoms with Crippen LogP contribution in [0.1, 0.15) is 80.0 Å². The molecule has 0 radical (unpaired) electrons. The number of alkyl halides is 6. The van der Waals surface area contributed by atoms with Crippen molar-refractivity contribution in [3.63, 3.8) is 0 Å². The van der Waals surface area contributed by atoms with Crippen LogP contribution in [0.25, 0.3) is 22.9 Å². The van der Waals surface area contributed by atoms with Crippen LogP contribution in [0.5, 0.6) is 0 Å². The Kier molecular flexibility index (Phi) is 8.66. The van der Waals surface area contributed by atoms with E-state index in [4.69, 9.17) is 0 Å². The molecule has 0 nitrogen and oxygen atoms in total. The van der Waals surface area contributed by atoms with Crippen molar-refractivity contribution in [2.75, 3.05) is 0 Å². The number of benzene rings is 2. The van der Waals surface area contributed by atoms with Gasteiger partial charge in [0, 0.05) is 12.8 Å². The molecular weight excluding hydrogens is 438 g/mol. The van der Waals surface area contributed by atoms with E-state index in [1.807, 2.05) is 12.1 Å². The SMILES string of the molecule is FC(F)(F)CCCCCc1c2c(c3ccccc3c1CCCCCC(F)(F)F)C=CCC=C2. The summed E-state index contributed by atoms with van der Waals surface area (Å²) in [6, 6.07) is 8.06. The van der Waals surface area contributed by atoms with E-state index in [-0.39, 0.29) is 12.8 Å². The highest BCUT2D eigenvalue weighted by Gasteiger charge is 2.26. The van der Waals surface area contributed by atoms with Crippen molar-refractivity contribution < 1.29 is 26.3 Å². The lowest BCUT2D eigenvalue weighted by Crippen LogP contribution is -2.07. The third-order valence-corrected chi connectivity index (χ3v) is 6.14. The maximum absolute atomic E-state index is 12.5. The third kappa shape index (κ3) is 7.65. The van der Waals surface area contributed by atoms with E-state index < -0.39 is 25.2 Å². The summed E-state index contributed by atoms with van der Waals surface area (Å²) in [5.74, 6) is 0. The first-order valence-electron chi connectivity index (χ1n) is 11.7. The minimum atomic E-state index is -4.13. The highest BCUT2D eigenvalue weighted by atomic mass is 19.4. The van der Waals surface area contributed by atoms with Gasteiger partial charge in [-0.1, -0.05) is 61.4 Å². The van der Waals surface area contributed by atoms with Gasteiger partial charge in [-0.15, -0.1) is 0 Å². The van der Waals surface area contributed by atoms with E-state index in [2.05, 4.69) is 36.4 Å². The molecule has 1 aliphatic carbocycles. The normalized spacial score (nSPS) is 14.0. The second-order valence-corrected chi connectivity index (χ2v) is 8.72. The number of halogens is 6. The van der Waals surface area contributed by atoms with Crippen molar-refractivity contribution >= 4 is 22.9 Å². The van der Waals surface area contributed by atoms with Gasteiger partial charge in [-0.3, -0.25) is 0 Å². The van der Waals surface area contributed by atoms with Gasteiger partial charge in [0.25, 0.3) is 0 Å². The molecule has 0 aromatic heterocycles. The summed E-state index contributed by atoms with van der Waals surface area (Å²) >= 11 is 0. The molecule has 2 aromatic rings. The second-order valence-electron chi connectivity index (χ2n) is 8.72. The average Bonchev–Trinajstić information content (AvgIpc) is 2.99. The largest absolute Gasteiger partial charge is 0.389 e. The van der Waals surface area contributed by atoms with Gasteiger partial charge < -0.3 is 0 Å². The molecule has 3 rings (SSSR count). The standard InChI is InChI=1S/C27H30F6/c28-26(29,30)18-10-2-6-14-22-20-12-4-1-5-13-21(20)24-16-8-9-17-25(24)23(22)15-7-3-11-19-27(31,32)33/h4-5,8-9,12-13,16-17H,1-3,6-7,10-11,14-15,18-19H2. The number of unbranched alkanes of at least 4 members (excludes halogenated alkanes) is 4. The van der Waals surface area contributed by atoms with E-state index in [0.717, 1.165) is 39.4 Å². The van der Waals surface area contributed by atoms with Gasteiger partial charge in [0.15, 0.2) is 0 Å². The molecule has 0 saturated carbocycles. The van der Waals surface area contributed by atoms with Gasteiger partial charge in [0.1, 0.15) is 0 Å². The first-order valence-corrected chi connectivity index (χ1v) is 11.7. The van der Waals surface area contributed by atoms with Crippen LogP contribution in [0.15, 0.2) is 36.4 Å². The van der Waals surface area contributed by atoms with E-state index >= 15 is 0 Å². The van der Waals surface area contributed by atoms with Gasteiger partial charge in [-0.25, -0.2) is 0 Å². The van der Waals surface area contributed by atoms with Gasteiger partial charge in [0.2, 0.25) is 0 Å². The molecule has 0 bridgehead atoms. The lowest BCUT2D eigenvalue weighted by molar-refractivity contribution is -0.136. The molecule has 0 saturated heterocycles. The molecule has 180 valence electrons. The second kappa shape index (κ2) is 11.3. The molecule has 1 aliphatic rings. The minimum absolute atomic E-state index is 0.113. The van der Waals surface area contributed by atoms with Crippen molar-refractivity contribution in [1.82, 2.24) is 0 Å². The average molecular weight is 469 g/mol. The van der Waals surface area contributed by atoms with Crippen molar-refractivity contribution in [3.8, 4) is 0 Å².